The predicted octanol–water partition coefficient (Wildman–Crippen LogP) is 3.49. The van der Waals surface area contributed by atoms with Crippen molar-refractivity contribution in [1.82, 2.24) is 5.32 Å². The Morgan fingerprint density at radius 2 is 2.31 bits per heavy atom. The van der Waals surface area contributed by atoms with Gasteiger partial charge in [0.15, 0.2) is 0 Å². The Morgan fingerprint density at radius 3 is 2.88 bits per heavy atom. The summed E-state index contributed by atoms with van der Waals surface area (Å²) in [5, 5.41) is 2.86. The summed E-state index contributed by atoms with van der Waals surface area (Å²) in [5.41, 5.74) is 0.523. The Kier molecular flexibility index (Phi) is 3.31. The van der Waals surface area contributed by atoms with Crippen molar-refractivity contribution in [2.45, 2.75) is 13.0 Å². The van der Waals surface area contributed by atoms with Crippen LogP contribution in [-0.2, 0) is 0 Å². The van der Waals surface area contributed by atoms with Gasteiger partial charge in [0.05, 0.1) is 22.2 Å². The lowest BCUT2D eigenvalue weighted by molar-refractivity contribution is 0.0940. The number of rotatable bonds is 3. The molecule has 0 bridgehead atoms. The van der Waals surface area contributed by atoms with Crippen molar-refractivity contribution in [2.75, 3.05) is 0 Å². The van der Waals surface area contributed by atoms with Gasteiger partial charge in [-0.25, -0.2) is 0 Å². The molecule has 5 heteroatoms. The van der Waals surface area contributed by atoms with Gasteiger partial charge in [0.1, 0.15) is 6.26 Å². The molecule has 3 nitrogen and oxygen atoms in total. The molecule has 0 aliphatic heterocycles. The first-order valence-corrected chi connectivity index (χ1v) is 5.94. The van der Waals surface area contributed by atoms with Crippen LogP contribution in [0.15, 0.2) is 35.1 Å². The summed E-state index contributed by atoms with van der Waals surface area (Å²) >= 11 is 7.29. The number of carbonyl (C=O) groups is 1. The van der Waals surface area contributed by atoms with E-state index in [1.165, 1.54) is 23.9 Å². The second-order valence-corrected chi connectivity index (χ2v) is 5.10. The van der Waals surface area contributed by atoms with Gasteiger partial charge in [-0.05, 0) is 25.1 Å². The first-order valence-electron chi connectivity index (χ1n) is 4.75. The van der Waals surface area contributed by atoms with E-state index in [9.17, 15) is 4.79 Å². The van der Waals surface area contributed by atoms with Crippen LogP contribution in [-0.4, -0.2) is 5.91 Å². The monoisotopic (exact) mass is 255 g/mol. The summed E-state index contributed by atoms with van der Waals surface area (Å²) in [6.45, 7) is 1.92. The molecule has 0 saturated heterocycles. The largest absolute Gasteiger partial charge is 0.472 e. The molecule has 2 aromatic heterocycles. The van der Waals surface area contributed by atoms with Gasteiger partial charge in [0.25, 0.3) is 5.91 Å². The maximum Gasteiger partial charge on any atom is 0.255 e. The van der Waals surface area contributed by atoms with Crippen molar-refractivity contribution in [2.24, 2.45) is 0 Å². The molecule has 2 aromatic rings. The summed E-state index contributed by atoms with van der Waals surface area (Å²) in [4.78, 5) is 12.7. The summed E-state index contributed by atoms with van der Waals surface area (Å²) in [6, 6.07) is 5.30. The van der Waals surface area contributed by atoms with Gasteiger partial charge in [-0.3, -0.25) is 4.79 Å². The molecule has 1 N–H and O–H groups in total. The molecule has 0 saturated carbocycles. The average molecular weight is 256 g/mol. The average Bonchev–Trinajstić information content (AvgIpc) is 2.87. The topological polar surface area (TPSA) is 42.2 Å². The highest BCUT2D eigenvalue weighted by Gasteiger charge is 2.13. The molecule has 0 aliphatic rings. The zero-order valence-electron chi connectivity index (χ0n) is 8.57. The van der Waals surface area contributed by atoms with Crippen LogP contribution in [0.4, 0.5) is 0 Å². The van der Waals surface area contributed by atoms with Crippen LogP contribution >= 0.6 is 22.9 Å². The second-order valence-electron chi connectivity index (χ2n) is 3.35. The van der Waals surface area contributed by atoms with E-state index in [0.29, 0.717) is 5.56 Å². The summed E-state index contributed by atoms with van der Waals surface area (Å²) in [5.74, 6) is -0.147. The van der Waals surface area contributed by atoms with Crippen LogP contribution in [0.1, 0.15) is 28.2 Å². The predicted molar refractivity (Wildman–Crippen MR) is 63.9 cm³/mol. The van der Waals surface area contributed by atoms with E-state index in [1.54, 1.807) is 6.07 Å². The fraction of sp³-hybridized carbons (Fsp3) is 0.182. The number of furan rings is 1. The first kappa shape index (κ1) is 11.2. The minimum absolute atomic E-state index is 0.0556. The summed E-state index contributed by atoms with van der Waals surface area (Å²) < 4.78 is 5.57. The molecule has 0 radical (unpaired) electrons. The summed E-state index contributed by atoms with van der Waals surface area (Å²) in [6.07, 6.45) is 2.89. The van der Waals surface area contributed by atoms with E-state index in [2.05, 4.69) is 5.32 Å². The molecule has 0 spiro atoms. The molecule has 1 atom stereocenters. The molecule has 2 rings (SSSR count). The lowest BCUT2D eigenvalue weighted by atomic mass is 10.2. The number of hydrogen-bond donors (Lipinski definition) is 1. The lowest BCUT2D eigenvalue weighted by Gasteiger charge is -2.10. The second kappa shape index (κ2) is 4.72. The van der Waals surface area contributed by atoms with Crippen molar-refractivity contribution < 1.29 is 9.21 Å². The van der Waals surface area contributed by atoms with Gasteiger partial charge in [-0.1, -0.05) is 11.6 Å². The maximum absolute atomic E-state index is 11.7. The molecule has 0 fully saturated rings. The standard InChI is InChI=1S/C11H10ClNO2S/c1-7(9-2-3-10(12)16-9)13-11(14)8-4-5-15-6-8/h2-7H,1H3,(H,13,14)/t7-/m1/s1. The van der Waals surface area contributed by atoms with E-state index in [1.807, 2.05) is 19.1 Å². The lowest BCUT2D eigenvalue weighted by Crippen LogP contribution is -2.25. The molecule has 1 amide bonds. The third-order valence-electron chi connectivity index (χ3n) is 2.15. The molecule has 16 heavy (non-hydrogen) atoms. The quantitative estimate of drug-likeness (QED) is 0.912. The van der Waals surface area contributed by atoms with Crippen molar-refractivity contribution in [3.05, 3.63) is 45.5 Å². The van der Waals surface area contributed by atoms with Crippen LogP contribution in [0.25, 0.3) is 0 Å². The normalized spacial score (nSPS) is 12.4. The fourth-order valence-electron chi connectivity index (χ4n) is 1.31. The molecular weight excluding hydrogens is 246 g/mol. The fourth-order valence-corrected chi connectivity index (χ4v) is 2.37. The van der Waals surface area contributed by atoms with Gasteiger partial charge in [0, 0.05) is 4.88 Å². The number of thiophene rings is 1. The number of carbonyl (C=O) groups excluding carboxylic acids is 1. The Labute approximate surface area is 102 Å². The number of amides is 1. The zero-order chi connectivity index (χ0) is 11.5. The zero-order valence-corrected chi connectivity index (χ0v) is 10.1. The van der Waals surface area contributed by atoms with Crippen molar-refractivity contribution >= 4 is 28.8 Å². The smallest absolute Gasteiger partial charge is 0.255 e. The summed E-state index contributed by atoms with van der Waals surface area (Å²) in [7, 11) is 0. The molecule has 2 heterocycles. The van der Waals surface area contributed by atoms with Gasteiger partial charge in [0.2, 0.25) is 0 Å². The van der Waals surface area contributed by atoms with Crippen molar-refractivity contribution in [3.8, 4) is 0 Å². The van der Waals surface area contributed by atoms with Crippen LogP contribution < -0.4 is 5.32 Å². The van der Waals surface area contributed by atoms with Crippen molar-refractivity contribution in [1.29, 1.82) is 0 Å². The SMILES string of the molecule is C[C@@H](NC(=O)c1ccoc1)c1ccc(Cl)s1. The highest BCUT2D eigenvalue weighted by molar-refractivity contribution is 7.16. The molecule has 84 valence electrons. The third kappa shape index (κ3) is 2.46. The van der Waals surface area contributed by atoms with Crippen LogP contribution in [0.3, 0.4) is 0 Å². The van der Waals surface area contributed by atoms with E-state index in [-0.39, 0.29) is 11.9 Å². The van der Waals surface area contributed by atoms with Gasteiger partial charge < -0.3 is 9.73 Å². The minimum Gasteiger partial charge on any atom is -0.472 e. The van der Waals surface area contributed by atoms with Crippen LogP contribution in [0.5, 0.6) is 0 Å². The molecule has 0 aromatic carbocycles. The van der Waals surface area contributed by atoms with Gasteiger partial charge in [-0.2, -0.15) is 0 Å². The Bertz CT molecular complexity index is 478. The Morgan fingerprint density at radius 1 is 1.50 bits per heavy atom. The number of nitrogens with one attached hydrogen (secondary N) is 1. The van der Waals surface area contributed by atoms with Gasteiger partial charge >= 0.3 is 0 Å². The van der Waals surface area contributed by atoms with E-state index in [4.69, 9.17) is 16.0 Å². The molecule has 0 aliphatic carbocycles. The Balaban J connectivity index is 2.03. The van der Waals surface area contributed by atoms with E-state index in [0.717, 1.165) is 9.21 Å². The van der Waals surface area contributed by atoms with E-state index < -0.39 is 0 Å². The van der Waals surface area contributed by atoms with Crippen molar-refractivity contribution in [3.63, 3.8) is 0 Å². The van der Waals surface area contributed by atoms with Gasteiger partial charge in [-0.15, -0.1) is 11.3 Å². The third-order valence-corrected chi connectivity index (χ3v) is 3.57. The highest BCUT2D eigenvalue weighted by Crippen LogP contribution is 2.26. The number of halogens is 1. The minimum atomic E-state index is -0.147. The molecule has 0 unspecified atom stereocenters. The Hall–Kier alpha value is -1.26. The highest BCUT2D eigenvalue weighted by atomic mass is 35.5. The first-order chi connectivity index (χ1) is 7.66. The van der Waals surface area contributed by atoms with Crippen LogP contribution in [0.2, 0.25) is 4.34 Å². The van der Waals surface area contributed by atoms with E-state index >= 15 is 0 Å². The van der Waals surface area contributed by atoms with Crippen LogP contribution in [0, 0.1) is 0 Å². The molecular formula is C11H10ClNO2S. The maximum atomic E-state index is 11.7. The number of hydrogen-bond acceptors (Lipinski definition) is 3.